The highest BCUT2D eigenvalue weighted by atomic mass is 16.5. The van der Waals surface area contributed by atoms with E-state index >= 15 is 0 Å². The van der Waals surface area contributed by atoms with Gasteiger partial charge in [-0.05, 0) is 62.2 Å². The first kappa shape index (κ1) is 26.0. The Morgan fingerprint density at radius 1 is 0.921 bits per heavy atom. The van der Waals surface area contributed by atoms with Crippen molar-refractivity contribution < 1.29 is 14.2 Å². The summed E-state index contributed by atoms with van der Waals surface area (Å²) in [6.45, 7) is 2.39. The molecule has 0 aliphatic heterocycles. The maximum absolute atomic E-state index is 8.67. The van der Waals surface area contributed by atoms with E-state index in [9.17, 15) is 0 Å². The van der Waals surface area contributed by atoms with Gasteiger partial charge in [0.25, 0.3) is 0 Å². The van der Waals surface area contributed by atoms with Gasteiger partial charge in [0.1, 0.15) is 53.2 Å². The quantitative estimate of drug-likeness (QED) is 0.285. The third kappa shape index (κ3) is 7.99. The summed E-state index contributed by atoms with van der Waals surface area (Å²) in [5.41, 5.74) is 11.2. The molecule has 0 amide bonds. The zero-order chi connectivity index (χ0) is 26.7. The van der Waals surface area contributed by atoms with Crippen molar-refractivity contribution in [2.75, 3.05) is 23.4 Å². The van der Waals surface area contributed by atoms with Crippen molar-refractivity contribution in [3.05, 3.63) is 84.6 Å². The van der Waals surface area contributed by atoms with E-state index in [4.69, 9.17) is 30.9 Å². The average Bonchev–Trinajstić information content (AvgIpc) is 3.74. The minimum absolute atomic E-state index is 0.0971. The van der Waals surface area contributed by atoms with Crippen LogP contribution in [0.4, 0.5) is 17.6 Å². The average molecular weight is 512 g/mol. The third-order valence-electron chi connectivity index (χ3n) is 5.23. The van der Waals surface area contributed by atoms with Crippen LogP contribution in [0.1, 0.15) is 25.3 Å². The van der Waals surface area contributed by atoms with E-state index < -0.39 is 0 Å². The summed E-state index contributed by atoms with van der Waals surface area (Å²) < 4.78 is 17.2. The monoisotopic (exact) mass is 511 g/mol. The van der Waals surface area contributed by atoms with Crippen LogP contribution in [0.2, 0.25) is 0 Å². The number of hydrogen-bond acceptors (Lipinski definition) is 10. The van der Waals surface area contributed by atoms with Crippen LogP contribution < -0.4 is 31.0 Å². The van der Waals surface area contributed by atoms with Crippen LogP contribution in [0, 0.1) is 11.3 Å². The summed E-state index contributed by atoms with van der Waals surface area (Å²) in [5, 5.41) is 11.7. The molecule has 194 valence electrons. The molecule has 4 aromatic rings. The molecule has 0 spiro atoms. The standard InChI is InChI=1S/C20H19NO3.C8H10N6/c1-16(23-20-9-5-6-14-21-20)15-22-17-10-12-19(13-11-17)24-18-7-3-2-4-8-18;9-3-5-6(10)13-8(14-7(5)11)12-4-1-2-4/h2-14,16H,15H2,1H3;4H,1-2H2,(H5,10,11,12,13,14). The molecule has 10 heteroatoms. The Morgan fingerprint density at radius 3 is 2.16 bits per heavy atom. The Balaban J connectivity index is 0.000000204. The number of para-hydroxylation sites is 1. The molecule has 2 heterocycles. The summed E-state index contributed by atoms with van der Waals surface area (Å²) in [5.74, 6) is 3.61. The van der Waals surface area contributed by atoms with E-state index in [2.05, 4.69) is 20.3 Å². The lowest BCUT2D eigenvalue weighted by Crippen LogP contribution is -2.21. The van der Waals surface area contributed by atoms with Gasteiger partial charge in [-0.3, -0.25) is 0 Å². The molecule has 10 nitrogen and oxygen atoms in total. The maximum atomic E-state index is 8.67. The van der Waals surface area contributed by atoms with Crippen molar-refractivity contribution >= 4 is 17.6 Å². The second-order valence-corrected chi connectivity index (χ2v) is 8.52. The Morgan fingerprint density at radius 2 is 1.55 bits per heavy atom. The maximum Gasteiger partial charge on any atom is 0.226 e. The van der Waals surface area contributed by atoms with Gasteiger partial charge < -0.3 is 31.0 Å². The van der Waals surface area contributed by atoms with Crippen molar-refractivity contribution in [1.29, 1.82) is 5.26 Å². The fourth-order valence-corrected chi connectivity index (χ4v) is 3.18. The fourth-order valence-electron chi connectivity index (χ4n) is 3.18. The Bertz CT molecular complexity index is 1320. The number of ether oxygens (including phenoxy) is 3. The number of pyridine rings is 1. The van der Waals surface area contributed by atoms with Crippen LogP contribution in [0.15, 0.2) is 79.0 Å². The normalized spacial score (nSPS) is 12.7. The van der Waals surface area contributed by atoms with Crippen LogP contribution in [0.5, 0.6) is 23.1 Å². The van der Waals surface area contributed by atoms with Gasteiger partial charge in [0, 0.05) is 18.3 Å². The van der Waals surface area contributed by atoms with Gasteiger partial charge in [0.15, 0.2) is 0 Å². The first-order chi connectivity index (χ1) is 18.5. The molecule has 1 unspecified atom stereocenters. The predicted molar refractivity (Wildman–Crippen MR) is 145 cm³/mol. The van der Waals surface area contributed by atoms with E-state index in [1.54, 1.807) is 6.20 Å². The summed E-state index contributed by atoms with van der Waals surface area (Å²) >= 11 is 0. The van der Waals surface area contributed by atoms with Crippen LogP contribution in [-0.4, -0.2) is 33.7 Å². The lowest BCUT2D eigenvalue weighted by molar-refractivity contribution is 0.138. The number of nitrogens with one attached hydrogen (secondary N) is 1. The van der Waals surface area contributed by atoms with Crippen molar-refractivity contribution in [1.82, 2.24) is 15.0 Å². The van der Waals surface area contributed by atoms with Crippen molar-refractivity contribution in [3.63, 3.8) is 0 Å². The van der Waals surface area contributed by atoms with Crippen LogP contribution in [0.25, 0.3) is 0 Å². The molecular weight excluding hydrogens is 482 g/mol. The number of benzene rings is 2. The Hall–Kier alpha value is -5.04. The zero-order valence-electron chi connectivity index (χ0n) is 20.9. The second-order valence-electron chi connectivity index (χ2n) is 8.52. The molecular formula is C28H29N7O3. The molecule has 0 saturated heterocycles. The number of nitriles is 1. The summed E-state index contributed by atoms with van der Waals surface area (Å²) in [4.78, 5) is 12.0. The topological polar surface area (TPSA) is 154 Å². The Labute approximate surface area is 221 Å². The largest absolute Gasteiger partial charge is 0.490 e. The summed E-state index contributed by atoms with van der Waals surface area (Å²) in [6.07, 6.45) is 3.83. The molecule has 1 aliphatic carbocycles. The van der Waals surface area contributed by atoms with Crippen molar-refractivity contribution in [2.45, 2.75) is 31.9 Å². The number of nitrogen functional groups attached to an aromatic ring is 2. The third-order valence-corrected chi connectivity index (χ3v) is 5.23. The lowest BCUT2D eigenvalue weighted by atomic mass is 10.3. The van der Waals surface area contributed by atoms with E-state index in [1.165, 1.54) is 0 Å². The predicted octanol–water partition coefficient (Wildman–Crippen LogP) is 4.81. The van der Waals surface area contributed by atoms with Gasteiger partial charge >= 0.3 is 0 Å². The van der Waals surface area contributed by atoms with Gasteiger partial charge in [-0.2, -0.15) is 15.2 Å². The summed E-state index contributed by atoms with van der Waals surface area (Å²) in [6, 6.07) is 25.1. The van der Waals surface area contributed by atoms with Gasteiger partial charge in [-0.25, -0.2) is 4.98 Å². The van der Waals surface area contributed by atoms with E-state index in [1.807, 2.05) is 85.8 Å². The number of nitrogens with two attached hydrogens (primary N) is 2. The highest BCUT2D eigenvalue weighted by molar-refractivity contribution is 5.63. The van der Waals surface area contributed by atoms with Crippen molar-refractivity contribution in [2.24, 2.45) is 0 Å². The Kier molecular flexibility index (Phi) is 8.76. The molecule has 1 fully saturated rings. The molecule has 2 aromatic heterocycles. The number of hydrogen-bond donors (Lipinski definition) is 3. The highest BCUT2D eigenvalue weighted by Gasteiger charge is 2.22. The number of rotatable bonds is 9. The molecule has 5 N–H and O–H groups in total. The van der Waals surface area contributed by atoms with Crippen molar-refractivity contribution in [3.8, 4) is 29.2 Å². The highest BCUT2D eigenvalue weighted by Crippen LogP contribution is 2.25. The van der Waals surface area contributed by atoms with Crippen LogP contribution >= 0.6 is 0 Å². The zero-order valence-corrected chi connectivity index (χ0v) is 20.9. The number of aromatic nitrogens is 3. The van der Waals surface area contributed by atoms with Crippen LogP contribution in [0.3, 0.4) is 0 Å². The first-order valence-electron chi connectivity index (χ1n) is 12.1. The fraction of sp³-hybridized carbons (Fsp3) is 0.214. The van der Waals surface area contributed by atoms with E-state index in [0.29, 0.717) is 24.5 Å². The summed E-state index contributed by atoms with van der Waals surface area (Å²) in [7, 11) is 0. The van der Waals surface area contributed by atoms with Crippen LogP contribution in [-0.2, 0) is 0 Å². The molecule has 1 aliphatic rings. The minimum Gasteiger partial charge on any atom is -0.490 e. The lowest BCUT2D eigenvalue weighted by Gasteiger charge is -2.15. The molecule has 1 saturated carbocycles. The first-order valence-corrected chi connectivity index (χ1v) is 12.1. The number of nitrogens with zero attached hydrogens (tertiary/aromatic N) is 4. The molecule has 1 atom stereocenters. The SMILES string of the molecule is CC(COc1ccc(Oc2ccccc2)cc1)Oc1ccccn1.N#Cc1c(N)nc(NC2CC2)nc1N. The molecule has 38 heavy (non-hydrogen) atoms. The number of anilines is 3. The second kappa shape index (κ2) is 12.8. The molecule has 0 radical (unpaired) electrons. The van der Waals surface area contributed by atoms with E-state index in [-0.39, 0.29) is 23.3 Å². The molecule has 0 bridgehead atoms. The van der Waals surface area contributed by atoms with E-state index in [0.717, 1.165) is 30.1 Å². The molecule has 2 aromatic carbocycles. The van der Waals surface area contributed by atoms with Gasteiger partial charge in [-0.15, -0.1) is 0 Å². The van der Waals surface area contributed by atoms with Gasteiger partial charge in [-0.1, -0.05) is 24.3 Å². The van der Waals surface area contributed by atoms with Gasteiger partial charge in [0.05, 0.1) is 0 Å². The minimum atomic E-state index is -0.0971. The smallest absolute Gasteiger partial charge is 0.226 e. The molecule has 5 rings (SSSR count). The van der Waals surface area contributed by atoms with Gasteiger partial charge in [0.2, 0.25) is 11.8 Å².